The summed E-state index contributed by atoms with van der Waals surface area (Å²) in [6.45, 7) is 1.96. The quantitative estimate of drug-likeness (QED) is 0.451. The molecule has 4 nitrogen and oxygen atoms in total. The molecular weight excluding hydrogens is 497 g/mol. The molecule has 3 aromatic rings. The average molecular weight is 523 g/mol. The number of hydrogen-bond acceptors (Lipinski definition) is 3. The lowest BCUT2D eigenvalue weighted by atomic mass is 9.72. The maximum atomic E-state index is 13.8. The van der Waals surface area contributed by atoms with Crippen LogP contribution in [0.1, 0.15) is 52.0 Å². The van der Waals surface area contributed by atoms with Crippen molar-refractivity contribution in [3.63, 3.8) is 0 Å². The molecule has 158 valence electrons. The Morgan fingerprint density at radius 2 is 1.77 bits per heavy atom. The van der Waals surface area contributed by atoms with E-state index in [4.69, 9.17) is 5.10 Å². The number of rotatable bonds is 3. The number of piperidine rings is 1. The third-order valence-corrected chi connectivity index (χ3v) is 8.17. The molecule has 2 unspecified atom stereocenters. The van der Waals surface area contributed by atoms with Crippen LogP contribution in [-0.4, -0.2) is 40.6 Å². The Morgan fingerprint density at radius 3 is 2.55 bits per heavy atom. The van der Waals surface area contributed by atoms with Gasteiger partial charge in [0.05, 0.1) is 22.6 Å². The molecule has 31 heavy (non-hydrogen) atoms. The number of hydrogen-bond donors (Lipinski definition) is 0. The highest BCUT2D eigenvalue weighted by atomic mass is 127. The third kappa shape index (κ3) is 3.37. The fraction of sp³-hybridized carbons (Fsp3) is 0.385. The number of nitrogens with zero attached hydrogens (tertiary/aromatic N) is 3. The first-order chi connectivity index (χ1) is 15.1. The number of benzene rings is 2. The molecule has 1 saturated heterocycles. The van der Waals surface area contributed by atoms with Gasteiger partial charge in [-0.1, -0.05) is 30.3 Å². The van der Waals surface area contributed by atoms with Crippen molar-refractivity contribution in [2.75, 3.05) is 20.1 Å². The van der Waals surface area contributed by atoms with E-state index in [1.807, 2.05) is 0 Å². The molecule has 0 spiro atoms. The summed E-state index contributed by atoms with van der Waals surface area (Å²) < 4.78 is 3.30. The van der Waals surface area contributed by atoms with Crippen molar-refractivity contribution in [1.29, 1.82) is 0 Å². The fourth-order valence-corrected chi connectivity index (χ4v) is 6.05. The summed E-state index contributed by atoms with van der Waals surface area (Å²) in [5, 5.41) is 5.14. The van der Waals surface area contributed by atoms with Gasteiger partial charge in [0.1, 0.15) is 0 Å². The molecule has 0 amide bonds. The van der Waals surface area contributed by atoms with Gasteiger partial charge >= 0.3 is 0 Å². The molecule has 1 aliphatic heterocycles. The van der Waals surface area contributed by atoms with E-state index in [2.05, 4.69) is 93.8 Å². The average Bonchev–Trinajstić information content (AvgIpc) is 3.50. The second-order valence-electron chi connectivity index (χ2n) is 9.44. The molecule has 2 aromatic carbocycles. The van der Waals surface area contributed by atoms with E-state index in [0.717, 1.165) is 55.0 Å². The van der Waals surface area contributed by atoms with Crippen molar-refractivity contribution in [2.45, 2.75) is 31.1 Å². The predicted octanol–water partition coefficient (Wildman–Crippen LogP) is 5.05. The monoisotopic (exact) mass is 523 g/mol. The Bertz CT molecular complexity index is 1140. The van der Waals surface area contributed by atoms with Gasteiger partial charge in [0.25, 0.3) is 0 Å². The highest BCUT2D eigenvalue weighted by Crippen LogP contribution is 2.56. The van der Waals surface area contributed by atoms with E-state index in [-0.39, 0.29) is 5.92 Å². The highest BCUT2D eigenvalue weighted by molar-refractivity contribution is 14.1. The molecule has 1 saturated carbocycles. The van der Waals surface area contributed by atoms with Crippen molar-refractivity contribution in [3.05, 3.63) is 80.7 Å². The standard InChI is InChI=1S/C26H26IN3O/c1-29-12-11-17-13-23-24(26(31)22(17)15-29)25(21-14-20(21)16-5-3-2-4-6-16)28-30(23)19-9-7-18(27)8-10-19/h2-10,17,20-22H,11-15H2,1H3/t17?,20-,21+,22?/m0/s1. The van der Waals surface area contributed by atoms with Gasteiger partial charge in [-0.3, -0.25) is 4.79 Å². The molecule has 3 aliphatic rings. The zero-order chi connectivity index (χ0) is 21.1. The second-order valence-corrected chi connectivity index (χ2v) is 10.7. The molecule has 0 bridgehead atoms. The van der Waals surface area contributed by atoms with Crippen LogP contribution in [0.25, 0.3) is 5.69 Å². The van der Waals surface area contributed by atoms with E-state index in [9.17, 15) is 4.79 Å². The lowest BCUT2D eigenvalue weighted by Gasteiger charge is -2.38. The Morgan fingerprint density at radius 1 is 1.00 bits per heavy atom. The maximum Gasteiger partial charge on any atom is 0.171 e. The van der Waals surface area contributed by atoms with Crippen LogP contribution in [0.2, 0.25) is 0 Å². The number of fused-ring (bicyclic) bond motifs is 2. The Kier molecular flexibility index (Phi) is 4.79. The minimum Gasteiger partial charge on any atom is -0.306 e. The first kappa shape index (κ1) is 19.7. The summed E-state index contributed by atoms with van der Waals surface area (Å²) in [7, 11) is 2.14. The molecule has 4 atom stereocenters. The number of likely N-dealkylation sites (tertiary alicyclic amines) is 1. The number of Topliss-reactive ketones (excluding diaryl/α,β-unsaturated/α-hetero) is 1. The van der Waals surface area contributed by atoms with Gasteiger partial charge in [-0.05, 0) is 97.1 Å². The summed E-state index contributed by atoms with van der Waals surface area (Å²) in [6, 6.07) is 19.2. The molecule has 2 heterocycles. The van der Waals surface area contributed by atoms with Gasteiger partial charge in [0.15, 0.2) is 5.78 Å². The van der Waals surface area contributed by atoms with Crippen LogP contribution in [0.3, 0.4) is 0 Å². The van der Waals surface area contributed by atoms with Crippen LogP contribution in [-0.2, 0) is 6.42 Å². The number of carbonyl (C=O) groups is 1. The summed E-state index contributed by atoms with van der Waals surface area (Å²) in [5.74, 6) is 1.72. The van der Waals surface area contributed by atoms with Gasteiger partial charge in [-0.25, -0.2) is 4.68 Å². The molecule has 2 aliphatic carbocycles. The third-order valence-electron chi connectivity index (χ3n) is 7.45. The minimum absolute atomic E-state index is 0.119. The normalized spacial score (nSPS) is 27.6. The Hall–Kier alpha value is -1.99. The number of halogens is 1. The largest absolute Gasteiger partial charge is 0.306 e. The summed E-state index contributed by atoms with van der Waals surface area (Å²) in [5.41, 5.74) is 5.56. The van der Waals surface area contributed by atoms with Crippen LogP contribution in [0.4, 0.5) is 0 Å². The Balaban J connectivity index is 1.45. The summed E-state index contributed by atoms with van der Waals surface area (Å²) >= 11 is 2.34. The van der Waals surface area contributed by atoms with Crippen LogP contribution in [0.15, 0.2) is 54.6 Å². The van der Waals surface area contributed by atoms with E-state index in [0.29, 0.717) is 23.5 Å². The second kappa shape index (κ2) is 7.55. The van der Waals surface area contributed by atoms with Gasteiger partial charge in [0.2, 0.25) is 0 Å². The van der Waals surface area contributed by atoms with Gasteiger partial charge < -0.3 is 4.90 Å². The lowest BCUT2D eigenvalue weighted by molar-refractivity contribution is 0.0703. The van der Waals surface area contributed by atoms with Gasteiger partial charge in [-0.2, -0.15) is 5.10 Å². The Labute approximate surface area is 196 Å². The maximum absolute atomic E-state index is 13.8. The van der Waals surface area contributed by atoms with E-state index in [1.165, 1.54) is 9.13 Å². The first-order valence-electron chi connectivity index (χ1n) is 11.3. The summed E-state index contributed by atoms with van der Waals surface area (Å²) in [6.07, 6.45) is 3.14. The topological polar surface area (TPSA) is 38.1 Å². The molecule has 0 radical (unpaired) electrons. The van der Waals surface area contributed by atoms with E-state index >= 15 is 0 Å². The molecule has 2 fully saturated rings. The van der Waals surface area contributed by atoms with Crippen molar-refractivity contribution < 1.29 is 4.79 Å². The van der Waals surface area contributed by atoms with Crippen LogP contribution in [0.5, 0.6) is 0 Å². The number of ketones is 1. The van der Waals surface area contributed by atoms with E-state index < -0.39 is 0 Å². The number of carbonyl (C=O) groups excluding carboxylic acids is 1. The van der Waals surface area contributed by atoms with Crippen LogP contribution >= 0.6 is 22.6 Å². The van der Waals surface area contributed by atoms with E-state index in [1.54, 1.807) is 0 Å². The molecule has 0 N–H and O–H groups in total. The zero-order valence-electron chi connectivity index (χ0n) is 17.7. The number of aromatic nitrogens is 2. The van der Waals surface area contributed by atoms with Crippen LogP contribution in [0, 0.1) is 15.4 Å². The smallest absolute Gasteiger partial charge is 0.171 e. The van der Waals surface area contributed by atoms with Crippen molar-refractivity contribution in [1.82, 2.24) is 14.7 Å². The lowest BCUT2D eigenvalue weighted by Crippen LogP contribution is -2.45. The van der Waals surface area contributed by atoms with Crippen molar-refractivity contribution >= 4 is 28.4 Å². The van der Waals surface area contributed by atoms with Gasteiger partial charge in [0, 0.05) is 22.0 Å². The van der Waals surface area contributed by atoms with Crippen molar-refractivity contribution in [3.8, 4) is 5.69 Å². The zero-order valence-corrected chi connectivity index (χ0v) is 19.8. The predicted molar refractivity (Wildman–Crippen MR) is 130 cm³/mol. The minimum atomic E-state index is 0.119. The summed E-state index contributed by atoms with van der Waals surface area (Å²) in [4.78, 5) is 16.1. The fourth-order valence-electron chi connectivity index (χ4n) is 5.69. The molecule has 1 aromatic heterocycles. The van der Waals surface area contributed by atoms with Crippen LogP contribution < -0.4 is 0 Å². The van der Waals surface area contributed by atoms with Gasteiger partial charge in [-0.15, -0.1) is 0 Å². The molecule has 5 heteroatoms. The SMILES string of the molecule is CN1CCC2Cc3c(c([C@@H]4C[C@H]4c4ccccc4)nn3-c3ccc(I)cc3)C(=O)C2C1. The molecular formula is C26H26IN3O. The van der Waals surface area contributed by atoms with Crippen molar-refractivity contribution in [2.24, 2.45) is 11.8 Å². The molecule has 6 rings (SSSR count). The first-order valence-corrected chi connectivity index (χ1v) is 12.3. The highest BCUT2D eigenvalue weighted by Gasteiger charge is 2.48.